The van der Waals surface area contributed by atoms with Crippen LogP contribution >= 0.6 is 23.2 Å². The summed E-state index contributed by atoms with van der Waals surface area (Å²) in [7, 11) is 0. The van der Waals surface area contributed by atoms with E-state index in [1.54, 1.807) is 30.3 Å². The van der Waals surface area contributed by atoms with Gasteiger partial charge in [0.25, 0.3) is 11.8 Å². The number of anilines is 1. The summed E-state index contributed by atoms with van der Waals surface area (Å²) in [5, 5.41) is 2.96. The largest absolute Gasteiger partial charge is 0.492 e. The Morgan fingerprint density at radius 1 is 1.07 bits per heavy atom. The number of hydrogen-bond acceptors (Lipinski definition) is 4. The number of urea groups is 1. The highest BCUT2D eigenvalue weighted by Gasteiger charge is 2.36. The summed E-state index contributed by atoms with van der Waals surface area (Å²) in [5.41, 5.74) is 0.627. The first-order valence-corrected chi connectivity index (χ1v) is 8.75. The molecule has 0 aliphatic carbocycles. The van der Waals surface area contributed by atoms with Gasteiger partial charge in [-0.3, -0.25) is 14.9 Å². The second kappa shape index (κ2) is 7.82. The van der Waals surface area contributed by atoms with Crippen molar-refractivity contribution < 1.29 is 19.1 Å². The zero-order valence-electron chi connectivity index (χ0n) is 14.2. The van der Waals surface area contributed by atoms with Gasteiger partial charge in [0.15, 0.2) is 0 Å². The van der Waals surface area contributed by atoms with Crippen molar-refractivity contribution in [2.45, 2.75) is 6.92 Å². The van der Waals surface area contributed by atoms with Crippen LogP contribution in [-0.4, -0.2) is 24.5 Å². The topological polar surface area (TPSA) is 75.7 Å². The Labute approximate surface area is 165 Å². The highest BCUT2D eigenvalue weighted by Crippen LogP contribution is 2.28. The second-order valence-electron chi connectivity index (χ2n) is 5.56. The number of nitrogens with zero attached hydrogens (tertiary/aromatic N) is 1. The molecule has 0 spiro atoms. The quantitative estimate of drug-likeness (QED) is 0.615. The molecule has 1 aliphatic rings. The molecule has 0 saturated carbocycles. The lowest BCUT2D eigenvalue weighted by Gasteiger charge is -2.26. The van der Waals surface area contributed by atoms with Crippen molar-refractivity contribution in [3.63, 3.8) is 0 Å². The molecule has 1 aliphatic heterocycles. The molecular weight excluding hydrogens is 391 g/mol. The number of benzene rings is 2. The van der Waals surface area contributed by atoms with E-state index in [9.17, 15) is 14.4 Å². The van der Waals surface area contributed by atoms with Gasteiger partial charge < -0.3 is 4.74 Å². The molecule has 2 aromatic carbocycles. The molecule has 3 rings (SSSR count). The molecule has 1 saturated heterocycles. The minimum absolute atomic E-state index is 0.190. The molecule has 0 unspecified atom stereocenters. The van der Waals surface area contributed by atoms with Gasteiger partial charge in [0.1, 0.15) is 11.3 Å². The van der Waals surface area contributed by atoms with Gasteiger partial charge >= 0.3 is 6.03 Å². The van der Waals surface area contributed by atoms with Crippen molar-refractivity contribution in [2.24, 2.45) is 0 Å². The molecule has 0 radical (unpaired) electrons. The Balaban J connectivity index is 1.96. The minimum Gasteiger partial charge on any atom is -0.492 e. The standard InChI is InChI=1S/C19H14Cl2N2O4/c1-2-27-16-8-3-11(10-15(16)21)9-14-17(24)22-19(26)23(18(14)25)13-6-4-12(20)5-7-13/h3-10H,2H2,1H3,(H,22,24,26)/b14-9+. The summed E-state index contributed by atoms with van der Waals surface area (Å²) in [4.78, 5) is 38.0. The minimum atomic E-state index is -0.825. The Kier molecular flexibility index (Phi) is 5.48. The Morgan fingerprint density at radius 3 is 2.41 bits per heavy atom. The lowest BCUT2D eigenvalue weighted by atomic mass is 10.1. The molecule has 0 atom stereocenters. The maximum atomic E-state index is 12.8. The highest BCUT2D eigenvalue weighted by atomic mass is 35.5. The van der Waals surface area contributed by atoms with E-state index in [-0.39, 0.29) is 5.57 Å². The molecule has 0 aromatic heterocycles. The number of ether oxygens (including phenoxy) is 1. The fraction of sp³-hybridized carbons (Fsp3) is 0.105. The van der Waals surface area contributed by atoms with Gasteiger partial charge in [-0.1, -0.05) is 29.3 Å². The van der Waals surface area contributed by atoms with Gasteiger partial charge in [0.05, 0.1) is 17.3 Å². The average molecular weight is 405 g/mol. The van der Waals surface area contributed by atoms with Crippen molar-refractivity contribution in [3.05, 3.63) is 63.6 Å². The molecule has 4 amide bonds. The van der Waals surface area contributed by atoms with Crippen LogP contribution in [0.1, 0.15) is 12.5 Å². The van der Waals surface area contributed by atoms with E-state index in [0.29, 0.717) is 33.7 Å². The molecule has 1 fully saturated rings. The third kappa shape index (κ3) is 3.97. The zero-order valence-corrected chi connectivity index (χ0v) is 15.7. The Hall–Kier alpha value is -2.83. The number of barbiturate groups is 1. The molecule has 138 valence electrons. The van der Waals surface area contributed by atoms with Gasteiger partial charge in [-0.05, 0) is 55.0 Å². The van der Waals surface area contributed by atoms with Gasteiger partial charge in [-0.15, -0.1) is 0 Å². The lowest BCUT2D eigenvalue weighted by Crippen LogP contribution is -2.54. The van der Waals surface area contributed by atoms with Crippen LogP contribution in [0.15, 0.2) is 48.0 Å². The summed E-state index contributed by atoms with van der Waals surface area (Å²) < 4.78 is 5.36. The van der Waals surface area contributed by atoms with E-state index in [2.05, 4.69) is 5.32 Å². The van der Waals surface area contributed by atoms with E-state index in [0.717, 1.165) is 4.90 Å². The van der Waals surface area contributed by atoms with E-state index in [1.807, 2.05) is 6.92 Å². The zero-order chi connectivity index (χ0) is 19.6. The normalized spacial score (nSPS) is 15.9. The summed E-state index contributed by atoms with van der Waals surface area (Å²) in [5.74, 6) is -1.02. The predicted molar refractivity (Wildman–Crippen MR) is 103 cm³/mol. The number of hydrogen-bond donors (Lipinski definition) is 1. The van der Waals surface area contributed by atoms with Gasteiger partial charge in [0.2, 0.25) is 0 Å². The number of halogens is 2. The van der Waals surface area contributed by atoms with Crippen LogP contribution in [0.4, 0.5) is 10.5 Å². The first-order valence-electron chi connectivity index (χ1n) is 8.00. The number of carbonyl (C=O) groups is 3. The molecule has 0 bridgehead atoms. The van der Waals surface area contributed by atoms with Crippen LogP contribution in [0.5, 0.6) is 5.75 Å². The SMILES string of the molecule is CCOc1ccc(/C=C2\C(=O)NC(=O)N(c3ccc(Cl)cc3)C2=O)cc1Cl. The number of rotatable bonds is 4. The first kappa shape index (κ1) is 18.9. The summed E-state index contributed by atoms with van der Waals surface area (Å²) in [6.45, 7) is 2.29. The van der Waals surface area contributed by atoms with E-state index < -0.39 is 17.8 Å². The predicted octanol–water partition coefficient (Wildman–Crippen LogP) is 4.06. The number of nitrogens with one attached hydrogen (secondary N) is 1. The monoisotopic (exact) mass is 404 g/mol. The maximum Gasteiger partial charge on any atom is 0.335 e. The first-order chi connectivity index (χ1) is 12.9. The van der Waals surface area contributed by atoms with Crippen LogP contribution in [-0.2, 0) is 9.59 Å². The lowest BCUT2D eigenvalue weighted by molar-refractivity contribution is -0.122. The number of imide groups is 2. The van der Waals surface area contributed by atoms with Crippen molar-refractivity contribution in [1.29, 1.82) is 0 Å². The molecule has 8 heteroatoms. The van der Waals surface area contributed by atoms with Crippen molar-refractivity contribution in [2.75, 3.05) is 11.5 Å². The summed E-state index contributed by atoms with van der Waals surface area (Å²) in [6, 6.07) is 10.2. The Morgan fingerprint density at radius 2 is 1.78 bits per heavy atom. The van der Waals surface area contributed by atoms with Crippen LogP contribution in [0, 0.1) is 0 Å². The molecule has 6 nitrogen and oxygen atoms in total. The number of carbonyl (C=O) groups excluding carboxylic acids is 3. The van der Waals surface area contributed by atoms with Gasteiger partial charge in [-0.2, -0.15) is 0 Å². The third-order valence-electron chi connectivity index (χ3n) is 3.75. The van der Waals surface area contributed by atoms with Crippen LogP contribution in [0.3, 0.4) is 0 Å². The van der Waals surface area contributed by atoms with Crippen molar-refractivity contribution in [3.8, 4) is 5.75 Å². The van der Waals surface area contributed by atoms with Crippen LogP contribution in [0.25, 0.3) is 6.08 Å². The highest BCUT2D eigenvalue weighted by molar-refractivity contribution is 6.39. The molecular formula is C19H14Cl2N2O4. The molecule has 1 heterocycles. The van der Waals surface area contributed by atoms with Crippen LogP contribution < -0.4 is 15.0 Å². The summed E-state index contributed by atoms with van der Waals surface area (Å²) in [6.07, 6.45) is 1.37. The fourth-order valence-corrected chi connectivity index (χ4v) is 2.90. The van der Waals surface area contributed by atoms with E-state index in [1.165, 1.54) is 18.2 Å². The van der Waals surface area contributed by atoms with Crippen LogP contribution in [0.2, 0.25) is 10.0 Å². The average Bonchev–Trinajstić information content (AvgIpc) is 2.62. The number of amides is 4. The van der Waals surface area contributed by atoms with Gasteiger partial charge in [-0.25, -0.2) is 9.69 Å². The molecule has 27 heavy (non-hydrogen) atoms. The second-order valence-corrected chi connectivity index (χ2v) is 6.40. The molecule has 2 aromatic rings. The van der Waals surface area contributed by atoms with Crippen molar-refractivity contribution >= 4 is 52.8 Å². The fourth-order valence-electron chi connectivity index (χ4n) is 2.53. The van der Waals surface area contributed by atoms with E-state index >= 15 is 0 Å². The van der Waals surface area contributed by atoms with Gasteiger partial charge in [0, 0.05) is 5.02 Å². The van der Waals surface area contributed by atoms with Crippen molar-refractivity contribution in [1.82, 2.24) is 5.32 Å². The maximum absolute atomic E-state index is 12.8. The van der Waals surface area contributed by atoms with E-state index in [4.69, 9.17) is 27.9 Å². The smallest absolute Gasteiger partial charge is 0.335 e. The molecule has 1 N–H and O–H groups in total. The summed E-state index contributed by atoms with van der Waals surface area (Å²) >= 11 is 12.0. The Bertz CT molecular complexity index is 955. The third-order valence-corrected chi connectivity index (χ3v) is 4.30.